The fraction of sp³-hybridized carbons (Fsp3) is 0.188. The monoisotopic (exact) mass is 330 g/mol. The number of halogens is 1. The highest BCUT2D eigenvalue weighted by Gasteiger charge is 2.10. The van der Waals surface area contributed by atoms with E-state index >= 15 is 0 Å². The molecule has 0 aliphatic carbocycles. The summed E-state index contributed by atoms with van der Waals surface area (Å²) >= 11 is 3.55. The fourth-order valence-electron chi connectivity index (χ4n) is 2.19. The van der Waals surface area contributed by atoms with Gasteiger partial charge in [0, 0.05) is 22.4 Å². The summed E-state index contributed by atoms with van der Waals surface area (Å²) in [5.41, 5.74) is 4.05. The van der Waals surface area contributed by atoms with E-state index < -0.39 is 0 Å². The predicted octanol–water partition coefficient (Wildman–Crippen LogP) is 4.47. The molecule has 0 fully saturated rings. The lowest BCUT2D eigenvalue weighted by Gasteiger charge is -2.07. The third-order valence-corrected chi connectivity index (χ3v) is 4.03. The van der Waals surface area contributed by atoms with Gasteiger partial charge in [0.15, 0.2) is 0 Å². The molecule has 102 valence electrons. The maximum Gasteiger partial charge on any atom is 0.137 e. The number of fused-ring (bicyclic) bond motifs is 1. The number of aryl methyl sites for hydroxylation is 1. The van der Waals surface area contributed by atoms with E-state index in [0.717, 1.165) is 27.1 Å². The molecule has 0 bridgehead atoms. The smallest absolute Gasteiger partial charge is 0.137 e. The van der Waals surface area contributed by atoms with E-state index in [9.17, 15) is 0 Å². The molecule has 3 aromatic rings. The number of aromatic nitrogens is 2. The van der Waals surface area contributed by atoms with E-state index in [1.165, 1.54) is 5.56 Å². The van der Waals surface area contributed by atoms with Crippen LogP contribution in [-0.2, 0) is 0 Å². The van der Waals surface area contributed by atoms with Crippen molar-refractivity contribution in [1.82, 2.24) is 9.38 Å². The SMILES string of the molecule is CCOc1ccccc1-c1cn2cc(Br)c(C)cc2n1. The number of hydrogen-bond acceptors (Lipinski definition) is 2. The van der Waals surface area contributed by atoms with Crippen LogP contribution < -0.4 is 4.74 Å². The van der Waals surface area contributed by atoms with Gasteiger partial charge in [0.2, 0.25) is 0 Å². The van der Waals surface area contributed by atoms with Crippen molar-refractivity contribution < 1.29 is 4.74 Å². The molecule has 2 heterocycles. The van der Waals surface area contributed by atoms with Crippen molar-refractivity contribution in [3.63, 3.8) is 0 Å². The van der Waals surface area contributed by atoms with Gasteiger partial charge in [-0.1, -0.05) is 12.1 Å². The molecule has 1 aromatic carbocycles. The van der Waals surface area contributed by atoms with Gasteiger partial charge in [-0.05, 0) is 53.5 Å². The minimum Gasteiger partial charge on any atom is -0.493 e. The Bertz CT molecular complexity index is 725. The summed E-state index contributed by atoms with van der Waals surface area (Å²) in [6, 6.07) is 10.1. The van der Waals surface area contributed by atoms with Crippen LogP contribution in [-0.4, -0.2) is 16.0 Å². The third kappa shape index (κ3) is 2.31. The van der Waals surface area contributed by atoms with Crippen LogP contribution in [0.4, 0.5) is 0 Å². The van der Waals surface area contributed by atoms with Crippen LogP contribution in [0.25, 0.3) is 16.9 Å². The van der Waals surface area contributed by atoms with E-state index in [4.69, 9.17) is 4.74 Å². The van der Waals surface area contributed by atoms with Gasteiger partial charge in [0.25, 0.3) is 0 Å². The van der Waals surface area contributed by atoms with Crippen LogP contribution in [0.2, 0.25) is 0 Å². The normalized spacial score (nSPS) is 10.9. The average Bonchev–Trinajstić information content (AvgIpc) is 2.83. The predicted molar refractivity (Wildman–Crippen MR) is 84.2 cm³/mol. The molecule has 4 heteroatoms. The summed E-state index contributed by atoms with van der Waals surface area (Å²) in [6.45, 7) is 4.70. The maximum atomic E-state index is 5.68. The molecule has 0 saturated carbocycles. The van der Waals surface area contributed by atoms with Crippen LogP contribution in [0.5, 0.6) is 5.75 Å². The van der Waals surface area contributed by atoms with E-state index in [1.54, 1.807) is 0 Å². The Labute approximate surface area is 126 Å². The fourth-order valence-corrected chi connectivity index (χ4v) is 2.53. The number of benzene rings is 1. The molecule has 0 amide bonds. The standard InChI is InChI=1S/C16H15BrN2O/c1-3-20-15-7-5-4-6-12(15)14-10-19-9-13(17)11(2)8-16(19)18-14/h4-10H,3H2,1-2H3. The largest absolute Gasteiger partial charge is 0.493 e. The van der Waals surface area contributed by atoms with Crippen LogP contribution in [0.15, 0.2) is 47.2 Å². The number of para-hydroxylation sites is 1. The highest BCUT2D eigenvalue weighted by Crippen LogP contribution is 2.30. The highest BCUT2D eigenvalue weighted by atomic mass is 79.9. The number of nitrogens with zero attached hydrogens (tertiary/aromatic N) is 2. The first-order valence-electron chi connectivity index (χ1n) is 6.56. The van der Waals surface area contributed by atoms with Crippen LogP contribution in [0.3, 0.4) is 0 Å². The second-order valence-electron chi connectivity index (χ2n) is 4.63. The molecule has 0 atom stereocenters. The first-order valence-corrected chi connectivity index (χ1v) is 7.35. The van der Waals surface area contributed by atoms with Gasteiger partial charge in [-0.3, -0.25) is 0 Å². The molecule has 0 spiro atoms. The van der Waals surface area contributed by atoms with Gasteiger partial charge in [-0.2, -0.15) is 0 Å². The van der Waals surface area contributed by atoms with Gasteiger partial charge in [0.1, 0.15) is 11.4 Å². The summed E-state index contributed by atoms with van der Waals surface area (Å²) in [4.78, 5) is 4.69. The molecule has 0 aliphatic rings. The average molecular weight is 331 g/mol. The molecular formula is C16H15BrN2O. The van der Waals surface area contributed by atoms with Gasteiger partial charge in [0.05, 0.1) is 12.3 Å². The molecular weight excluding hydrogens is 316 g/mol. The summed E-state index contributed by atoms with van der Waals surface area (Å²) in [6.07, 6.45) is 4.06. The van der Waals surface area contributed by atoms with E-state index in [-0.39, 0.29) is 0 Å². The topological polar surface area (TPSA) is 26.5 Å². The summed E-state index contributed by atoms with van der Waals surface area (Å²) < 4.78 is 8.78. The Morgan fingerprint density at radius 1 is 1.25 bits per heavy atom. The van der Waals surface area contributed by atoms with Gasteiger partial charge < -0.3 is 9.14 Å². The lowest BCUT2D eigenvalue weighted by molar-refractivity contribution is 0.341. The van der Waals surface area contributed by atoms with Crippen LogP contribution in [0, 0.1) is 6.92 Å². The minimum absolute atomic E-state index is 0.648. The Morgan fingerprint density at radius 3 is 2.85 bits per heavy atom. The Hall–Kier alpha value is -1.81. The van der Waals surface area contributed by atoms with Crippen molar-refractivity contribution in [2.75, 3.05) is 6.61 Å². The second kappa shape index (κ2) is 5.29. The Morgan fingerprint density at radius 2 is 2.05 bits per heavy atom. The van der Waals surface area contributed by atoms with Crippen molar-refractivity contribution >= 4 is 21.6 Å². The van der Waals surface area contributed by atoms with Crippen LogP contribution >= 0.6 is 15.9 Å². The molecule has 3 nitrogen and oxygen atoms in total. The van der Waals surface area contributed by atoms with Crippen molar-refractivity contribution in [1.29, 1.82) is 0 Å². The highest BCUT2D eigenvalue weighted by molar-refractivity contribution is 9.10. The Kier molecular flexibility index (Phi) is 3.49. The summed E-state index contributed by atoms with van der Waals surface area (Å²) in [5, 5.41) is 0. The van der Waals surface area contributed by atoms with E-state index in [0.29, 0.717) is 6.61 Å². The number of imidazole rings is 1. The maximum absolute atomic E-state index is 5.68. The van der Waals surface area contributed by atoms with Crippen molar-refractivity contribution in [2.45, 2.75) is 13.8 Å². The van der Waals surface area contributed by atoms with Crippen molar-refractivity contribution in [3.8, 4) is 17.0 Å². The van der Waals surface area contributed by atoms with Crippen molar-refractivity contribution in [2.24, 2.45) is 0 Å². The minimum atomic E-state index is 0.648. The molecule has 3 rings (SSSR count). The zero-order valence-electron chi connectivity index (χ0n) is 11.4. The van der Waals surface area contributed by atoms with Crippen molar-refractivity contribution in [3.05, 3.63) is 52.8 Å². The first-order chi connectivity index (χ1) is 9.69. The zero-order valence-corrected chi connectivity index (χ0v) is 13.0. The number of hydrogen-bond donors (Lipinski definition) is 0. The van der Waals surface area contributed by atoms with Gasteiger partial charge in [-0.15, -0.1) is 0 Å². The van der Waals surface area contributed by atoms with Gasteiger partial charge in [-0.25, -0.2) is 4.98 Å². The van der Waals surface area contributed by atoms with E-state index in [1.807, 2.05) is 48.0 Å². The quantitative estimate of drug-likeness (QED) is 0.708. The molecule has 0 radical (unpaired) electrons. The zero-order chi connectivity index (χ0) is 14.1. The molecule has 20 heavy (non-hydrogen) atoms. The molecule has 0 N–H and O–H groups in total. The number of ether oxygens (including phenoxy) is 1. The summed E-state index contributed by atoms with van der Waals surface area (Å²) in [5.74, 6) is 0.870. The van der Waals surface area contributed by atoms with Gasteiger partial charge >= 0.3 is 0 Å². The Balaban J connectivity index is 2.15. The second-order valence-corrected chi connectivity index (χ2v) is 5.48. The van der Waals surface area contributed by atoms with E-state index in [2.05, 4.69) is 33.9 Å². The van der Waals surface area contributed by atoms with Crippen LogP contribution in [0.1, 0.15) is 12.5 Å². The molecule has 2 aromatic heterocycles. The molecule has 0 unspecified atom stereocenters. The lowest BCUT2D eigenvalue weighted by Crippen LogP contribution is -1.93. The molecule has 0 aliphatic heterocycles. The summed E-state index contributed by atoms with van der Waals surface area (Å²) in [7, 11) is 0. The molecule has 0 saturated heterocycles. The first kappa shape index (κ1) is 13.2. The number of pyridine rings is 1. The lowest BCUT2D eigenvalue weighted by atomic mass is 10.1. The number of rotatable bonds is 3. The third-order valence-electron chi connectivity index (χ3n) is 3.20.